The van der Waals surface area contributed by atoms with Gasteiger partial charge in [0.2, 0.25) is 5.91 Å². The summed E-state index contributed by atoms with van der Waals surface area (Å²) in [6, 6.07) is 0.210. The third-order valence-electron chi connectivity index (χ3n) is 5.35. The molecule has 24 heavy (non-hydrogen) atoms. The van der Waals surface area contributed by atoms with E-state index < -0.39 is 5.54 Å². The summed E-state index contributed by atoms with van der Waals surface area (Å²) in [4.78, 5) is 23.1. The van der Waals surface area contributed by atoms with Gasteiger partial charge in [0.15, 0.2) is 0 Å². The molecule has 6 heteroatoms. The van der Waals surface area contributed by atoms with Gasteiger partial charge in [0.25, 0.3) is 0 Å². The number of nitrogens with two attached hydrogens (primary N) is 1. The smallest absolute Gasteiger partial charge is 0.242 e. The Morgan fingerprint density at radius 3 is 2.83 bits per heavy atom. The molecule has 1 saturated heterocycles. The number of hydrogen-bond donors (Lipinski definition) is 2. The van der Waals surface area contributed by atoms with Crippen LogP contribution in [0, 0.1) is 11.8 Å². The summed E-state index contributed by atoms with van der Waals surface area (Å²) in [5.41, 5.74) is 6.68. The average Bonchev–Trinajstić information content (AvgIpc) is 3.16. The van der Waals surface area contributed by atoms with Crippen LogP contribution in [0.4, 0.5) is 5.82 Å². The molecule has 1 aromatic heterocycles. The van der Waals surface area contributed by atoms with Gasteiger partial charge >= 0.3 is 0 Å². The first-order chi connectivity index (χ1) is 11.4. The van der Waals surface area contributed by atoms with Crippen LogP contribution in [0.2, 0.25) is 0 Å². The molecule has 0 aromatic carbocycles. The van der Waals surface area contributed by atoms with Crippen LogP contribution in [0.5, 0.6) is 0 Å². The molecule has 0 bridgehead atoms. The van der Waals surface area contributed by atoms with Crippen molar-refractivity contribution in [3.05, 3.63) is 18.1 Å². The SMILES string of the molecule is CCCc1cncnc1N[C@@H]1CN(C(=O)C2(N)CC2)C[C@H]1C(C)C. The molecule has 1 amide bonds. The van der Waals surface area contributed by atoms with Gasteiger partial charge in [-0.1, -0.05) is 27.2 Å². The minimum Gasteiger partial charge on any atom is -0.365 e. The number of aryl methyl sites for hydroxylation is 1. The van der Waals surface area contributed by atoms with Crippen molar-refractivity contribution in [1.29, 1.82) is 0 Å². The van der Waals surface area contributed by atoms with E-state index in [-0.39, 0.29) is 11.9 Å². The quantitative estimate of drug-likeness (QED) is 0.830. The van der Waals surface area contributed by atoms with Crippen LogP contribution in [-0.2, 0) is 11.2 Å². The molecule has 1 aliphatic carbocycles. The zero-order chi connectivity index (χ0) is 17.3. The Balaban J connectivity index is 1.75. The number of aromatic nitrogens is 2. The van der Waals surface area contributed by atoms with E-state index in [1.54, 1.807) is 6.33 Å². The van der Waals surface area contributed by atoms with Crippen molar-refractivity contribution in [2.45, 2.75) is 58.0 Å². The zero-order valence-corrected chi connectivity index (χ0v) is 15.0. The highest BCUT2D eigenvalue weighted by Crippen LogP contribution is 2.37. The highest BCUT2D eigenvalue weighted by Gasteiger charge is 2.50. The van der Waals surface area contributed by atoms with Gasteiger partial charge in [-0.25, -0.2) is 9.97 Å². The van der Waals surface area contributed by atoms with Crippen molar-refractivity contribution < 1.29 is 4.79 Å². The number of nitrogens with one attached hydrogen (secondary N) is 1. The third-order valence-corrected chi connectivity index (χ3v) is 5.35. The van der Waals surface area contributed by atoms with Crippen molar-refractivity contribution >= 4 is 11.7 Å². The molecule has 3 rings (SSSR count). The number of anilines is 1. The Morgan fingerprint density at radius 1 is 1.46 bits per heavy atom. The maximum atomic E-state index is 12.6. The molecule has 6 nitrogen and oxygen atoms in total. The van der Waals surface area contributed by atoms with Crippen LogP contribution in [0.25, 0.3) is 0 Å². The number of carbonyl (C=O) groups is 1. The molecule has 0 unspecified atom stereocenters. The molecule has 0 radical (unpaired) electrons. The Kier molecular flexibility index (Phi) is 4.76. The summed E-state index contributed by atoms with van der Waals surface area (Å²) < 4.78 is 0. The molecule has 2 atom stereocenters. The molecule has 1 saturated carbocycles. The van der Waals surface area contributed by atoms with Crippen molar-refractivity contribution in [2.24, 2.45) is 17.6 Å². The highest BCUT2D eigenvalue weighted by molar-refractivity contribution is 5.89. The molecule has 2 fully saturated rings. The van der Waals surface area contributed by atoms with E-state index in [1.165, 1.54) is 0 Å². The Labute approximate surface area is 144 Å². The minimum absolute atomic E-state index is 0.119. The predicted molar refractivity (Wildman–Crippen MR) is 94.5 cm³/mol. The highest BCUT2D eigenvalue weighted by atomic mass is 16.2. The van der Waals surface area contributed by atoms with Gasteiger partial charge in [-0.3, -0.25) is 4.79 Å². The second-order valence-electron chi connectivity index (χ2n) is 7.67. The summed E-state index contributed by atoms with van der Waals surface area (Å²) in [7, 11) is 0. The van der Waals surface area contributed by atoms with Crippen LogP contribution in [0.1, 0.15) is 45.6 Å². The molecule has 132 valence electrons. The number of likely N-dealkylation sites (tertiary alicyclic amines) is 1. The van der Waals surface area contributed by atoms with Crippen molar-refractivity contribution in [1.82, 2.24) is 14.9 Å². The van der Waals surface area contributed by atoms with Crippen LogP contribution in [-0.4, -0.2) is 45.4 Å². The number of hydrogen-bond acceptors (Lipinski definition) is 5. The lowest BCUT2D eigenvalue weighted by molar-refractivity contribution is -0.132. The lowest BCUT2D eigenvalue weighted by Crippen LogP contribution is -2.45. The molecule has 0 spiro atoms. The van der Waals surface area contributed by atoms with E-state index >= 15 is 0 Å². The molecule has 1 aliphatic heterocycles. The molecule has 1 aromatic rings. The summed E-state index contributed by atoms with van der Waals surface area (Å²) in [5, 5.41) is 3.60. The predicted octanol–water partition coefficient (Wildman–Crippen LogP) is 1.82. The van der Waals surface area contributed by atoms with E-state index in [4.69, 9.17) is 5.73 Å². The van der Waals surface area contributed by atoms with Gasteiger partial charge in [0.05, 0.1) is 5.54 Å². The minimum atomic E-state index is -0.585. The lowest BCUT2D eigenvalue weighted by Gasteiger charge is -2.24. The molecular weight excluding hydrogens is 302 g/mol. The van der Waals surface area contributed by atoms with Gasteiger partial charge < -0.3 is 16.0 Å². The largest absolute Gasteiger partial charge is 0.365 e. The molecular formula is C18H29N5O. The van der Waals surface area contributed by atoms with Crippen molar-refractivity contribution in [3.63, 3.8) is 0 Å². The van der Waals surface area contributed by atoms with Crippen LogP contribution in [0.15, 0.2) is 12.5 Å². The standard InChI is InChI=1S/C18H29N5O/c1-4-5-13-8-20-11-21-16(13)22-15-10-23(9-14(15)12(2)3)17(24)18(19)6-7-18/h8,11-12,14-15H,4-7,9-10,19H2,1-3H3,(H,20,21,22)/t14-,15+/m0/s1. The fourth-order valence-corrected chi connectivity index (χ4v) is 3.60. The maximum absolute atomic E-state index is 12.6. The Morgan fingerprint density at radius 2 is 2.21 bits per heavy atom. The number of carbonyl (C=O) groups excluding carboxylic acids is 1. The summed E-state index contributed by atoms with van der Waals surface area (Å²) in [5.74, 6) is 1.92. The van der Waals surface area contributed by atoms with E-state index in [0.29, 0.717) is 18.4 Å². The van der Waals surface area contributed by atoms with Gasteiger partial charge in [0, 0.05) is 36.8 Å². The second-order valence-corrected chi connectivity index (χ2v) is 7.67. The van der Waals surface area contributed by atoms with E-state index in [1.807, 2.05) is 11.1 Å². The van der Waals surface area contributed by atoms with E-state index in [0.717, 1.165) is 43.6 Å². The monoisotopic (exact) mass is 331 g/mol. The maximum Gasteiger partial charge on any atom is 0.242 e. The molecule has 2 aliphatic rings. The van der Waals surface area contributed by atoms with Crippen molar-refractivity contribution in [2.75, 3.05) is 18.4 Å². The summed E-state index contributed by atoms with van der Waals surface area (Å²) in [6.45, 7) is 8.07. The Bertz CT molecular complexity index is 599. The topological polar surface area (TPSA) is 84.1 Å². The number of rotatable bonds is 6. The van der Waals surface area contributed by atoms with Crippen molar-refractivity contribution in [3.8, 4) is 0 Å². The lowest BCUT2D eigenvalue weighted by atomic mass is 9.91. The fraction of sp³-hybridized carbons (Fsp3) is 0.722. The first kappa shape index (κ1) is 17.1. The Hall–Kier alpha value is -1.69. The average molecular weight is 331 g/mol. The van der Waals surface area contributed by atoms with Crippen LogP contribution < -0.4 is 11.1 Å². The van der Waals surface area contributed by atoms with Crippen LogP contribution >= 0.6 is 0 Å². The molecule has 3 N–H and O–H groups in total. The first-order valence-corrected chi connectivity index (χ1v) is 9.08. The number of nitrogens with zero attached hydrogens (tertiary/aromatic N) is 3. The van der Waals surface area contributed by atoms with Gasteiger partial charge in [-0.2, -0.15) is 0 Å². The summed E-state index contributed by atoms with van der Waals surface area (Å²) in [6.07, 6.45) is 7.12. The molecule has 2 heterocycles. The zero-order valence-electron chi connectivity index (χ0n) is 15.0. The number of amides is 1. The van der Waals surface area contributed by atoms with Gasteiger partial charge in [-0.05, 0) is 25.2 Å². The fourth-order valence-electron chi connectivity index (χ4n) is 3.60. The normalized spacial score (nSPS) is 25.1. The summed E-state index contributed by atoms with van der Waals surface area (Å²) >= 11 is 0. The van der Waals surface area contributed by atoms with E-state index in [2.05, 4.69) is 36.1 Å². The third kappa shape index (κ3) is 3.38. The first-order valence-electron chi connectivity index (χ1n) is 9.08. The second kappa shape index (κ2) is 6.67. The van der Waals surface area contributed by atoms with E-state index in [9.17, 15) is 4.79 Å². The van der Waals surface area contributed by atoms with Crippen LogP contribution in [0.3, 0.4) is 0 Å². The van der Waals surface area contributed by atoms with Gasteiger partial charge in [-0.15, -0.1) is 0 Å². The van der Waals surface area contributed by atoms with Gasteiger partial charge in [0.1, 0.15) is 12.1 Å².